The number of aryl methyl sites for hydroxylation is 1. The molecule has 1 heterocycles. The van der Waals surface area contributed by atoms with Crippen LogP contribution in [0.15, 0.2) is 145 Å². The van der Waals surface area contributed by atoms with E-state index in [2.05, 4.69) is 147 Å². The van der Waals surface area contributed by atoms with Crippen molar-refractivity contribution in [2.45, 2.75) is 33.1 Å². The quantitative estimate of drug-likeness (QED) is 0.197. The Morgan fingerprint density at radius 3 is 2.45 bits per heavy atom. The van der Waals surface area contributed by atoms with Crippen LogP contribution in [0.1, 0.15) is 42.0 Å². The fourth-order valence-corrected chi connectivity index (χ4v) is 6.03. The van der Waals surface area contributed by atoms with Crippen molar-refractivity contribution in [2.24, 2.45) is 0 Å². The van der Waals surface area contributed by atoms with Crippen molar-refractivity contribution >= 4 is 27.4 Å². The Balaban J connectivity index is 1.41. The third-order valence-electron chi connectivity index (χ3n) is 8.13. The van der Waals surface area contributed by atoms with E-state index in [-0.39, 0.29) is 5.92 Å². The second kappa shape index (κ2) is 10.9. The predicted molar refractivity (Wildman–Crippen MR) is 173 cm³/mol. The molecule has 5 aromatic rings. The van der Waals surface area contributed by atoms with Gasteiger partial charge in [0.25, 0.3) is 0 Å². The van der Waals surface area contributed by atoms with Crippen molar-refractivity contribution in [2.75, 3.05) is 0 Å². The Morgan fingerprint density at radius 1 is 0.800 bits per heavy atom. The van der Waals surface area contributed by atoms with Crippen LogP contribution in [-0.2, 0) is 6.42 Å². The Kier molecular flexibility index (Phi) is 6.97. The molecule has 0 saturated carbocycles. The molecule has 6 rings (SSSR count). The van der Waals surface area contributed by atoms with Crippen LogP contribution >= 0.6 is 0 Å². The van der Waals surface area contributed by atoms with Gasteiger partial charge in [-0.3, -0.25) is 0 Å². The van der Waals surface area contributed by atoms with E-state index in [0.29, 0.717) is 0 Å². The number of allylic oxidation sites excluding steroid dienone is 9. The van der Waals surface area contributed by atoms with Gasteiger partial charge in [0.2, 0.25) is 0 Å². The lowest BCUT2D eigenvalue weighted by Gasteiger charge is -2.22. The standard InChI is InChI=1S/C39H35N/c1-5-6-7-14-32-25-31-15-8-9-17-34(31)29(4)35(32)22-20-28(3)30-21-23-39-37(26-30)36-18-10-11-19-38(36)40(39)33-16-12-13-27(2)24-33/h5-24,26,28H,1,25H2,2-4H3/b7-6-,22-20-,32-14+. The summed E-state index contributed by atoms with van der Waals surface area (Å²) < 4.78 is 2.39. The van der Waals surface area contributed by atoms with Gasteiger partial charge in [0, 0.05) is 16.5 Å². The van der Waals surface area contributed by atoms with Gasteiger partial charge in [0.1, 0.15) is 0 Å². The fourth-order valence-electron chi connectivity index (χ4n) is 6.03. The molecule has 40 heavy (non-hydrogen) atoms. The first-order chi connectivity index (χ1) is 19.5. The summed E-state index contributed by atoms with van der Waals surface area (Å²) in [4.78, 5) is 0. The van der Waals surface area contributed by atoms with Crippen molar-refractivity contribution in [3.8, 4) is 5.69 Å². The van der Waals surface area contributed by atoms with E-state index in [4.69, 9.17) is 0 Å². The van der Waals surface area contributed by atoms with Gasteiger partial charge in [0.05, 0.1) is 11.0 Å². The maximum Gasteiger partial charge on any atom is 0.0541 e. The highest BCUT2D eigenvalue weighted by Crippen LogP contribution is 2.37. The van der Waals surface area contributed by atoms with E-state index in [1.807, 2.05) is 12.2 Å². The summed E-state index contributed by atoms with van der Waals surface area (Å²) in [6, 6.07) is 33.3. The molecule has 1 heteroatoms. The lowest BCUT2D eigenvalue weighted by atomic mass is 9.82. The zero-order valence-electron chi connectivity index (χ0n) is 23.6. The van der Waals surface area contributed by atoms with Crippen LogP contribution in [-0.4, -0.2) is 4.57 Å². The number of para-hydroxylation sites is 1. The minimum absolute atomic E-state index is 0.271. The second-order valence-electron chi connectivity index (χ2n) is 10.8. The van der Waals surface area contributed by atoms with Gasteiger partial charge < -0.3 is 4.57 Å². The smallest absolute Gasteiger partial charge is 0.0541 e. The molecule has 0 amide bonds. The van der Waals surface area contributed by atoms with Gasteiger partial charge in [-0.2, -0.15) is 0 Å². The Bertz CT molecular complexity index is 1870. The summed E-state index contributed by atoms with van der Waals surface area (Å²) in [6.45, 7) is 10.5. The average Bonchev–Trinajstić information content (AvgIpc) is 3.31. The van der Waals surface area contributed by atoms with Crippen molar-refractivity contribution < 1.29 is 0 Å². The Labute approximate surface area is 237 Å². The maximum absolute atomic E-state index is 3.83. The van der Waals surface area contributed by atoms with E-state index in [1.54, 1.807) is 0 Å². The topological polar surface area (TPSA) is 4.93 Å². The first-order valence-electron chi connectivity index (χ1n) is 14.1. The molecular weight excluding hydrogens is 482 g/mol. The molecule has 0 bridgehead atoms. The number of aromatic nitrogens is 1. The van der Waals surface area contributed by atoms with Gasteiger partial charge in [-0.25, -0.2) is 0 Å². The number of hydrogen-bond donors (Lipinski definition) is 0. The normalized spacial score (nSPS) is 15.5. The zero-order chi connectivity index (χ0) is 27.6. The van der Waals surface area contributed by atoms with Crippen LogP contribution in [0.4, 0.5) is 0 Å². The highest BCUT2D eigenvalue weighted by molar-refractivity contribution is 6.09. The highest BCUT2D eigenvalue weighted by Gasteiger charge is 2.18. The molecule has 4 aromatic carbocycles. The highest BCUT2D eigenvalue weighted by atomic mass is 15.0. The Morgan fingerprint density at radius 2 is 1.60 bits per heavy atom. The predicted octanol–water partition coefficient (Wildman–Crippen LogP) is 10.5. The van der Waals surface area contributed by atoms with Gasteiger partial charge in [0.15, 0.2) is 0 Å². The lowest BCUT2D eigenvalue weighted by Crippen LogP contribution is -2.06. The zero-order valence-corrected chi connectivity index (χ0v) is 23.6. The molecular formula is C39H35N. The van der Waals surface area contributed by atoms with Crippen LogP contribution in [0.2, 0.25) is 0 Å². The minimum atomic E-state index is 0.271. The molecule has 1 aromatic heterocycles. The SMILES string of the molecule is C=C/C=C\C=C1/Cc2ccccc2C(C)=C1/C=C\C(C)c1ccc2c(c1)c1ccccc1n2-c1cccc(C)c1. The third kappa shape index (κ3) is 4.69. The van der Waals surface area contributed by atoms with Crippen molar-refractivity contribution in [3.05, 3.63) is 167 Å². The molecule has 1 atom stereocenters. The number of benzene rings is 4. The molecule has 1 unspecified atom stereocenters. The molecule has 1 nitrogen and oxygen atoms in total. The third-order valence-corrected chi connectivity index (χ3v) is 8.13. The van der Waals surface area contributed by atoms with Crippen LogP contribution in [0.3, 0.4) is 0 Å². The largest absolute Gasteiger partial charge is 0.309 e. The number of rotatable bonds is 6. The van der Waals surface area contributed by atoms with Gasteiger partial charge in [-0.15, -0.1) is 0 Å². The van der Waals surface area contributed by atoms with Crippen LogP contribution in [0, 0.1) is 6.92 Å². The van der Waals surface area contributed by atoms with Gasteiger partial charge >= 0.3 is 0 Å². The van der Waals surface area contributed by atoms with E-state index in [9.17, 15) is 0 Å². The summed E-state index contributed by atoms with van der Waals surface area (Å²) in [7, 11) is 0. The lowest BCUT2D eigenvalue weighted by molar-refractivity contribution is 0.967. The maximum atomic E-state index is 3.83. The van der Waals surface area contributed by atoms with E-state index >= 15 is 0 Å². The monoisotopic (exact) mass is 517 g/mol. The Hall–Kier alpha value is -4.62. The van der Waals surface area contributed by atoms with E-state index < -0.39 is 0 Å². The van der Waals surface area contributed by atoms with Crippen molar-refractivity contribution in [1.82, 2.24) is 4.57 Å². The second-order valence-corrected chi connectivity index (χ2v) is 10.8. The molecule has 0 N–H and O–H groups in total. The van der Waals surface area contributed by atoms with Gasteiger partial charge in [-0.1, -0.05) is 111 Å². The fraction of sp³-hybridized carbons (Fsp3) is 0.128. The number of hydrogen-bond acceptors (Lipinski definition) is 0. The molecule has 0 aliphatic heterocycles. The summed E-state index contributed by atoms with van der Waals surface area (Å²) in [6.07, 6.45) is 13.8. The first-order valence-corrected chi connectivity index (χ1v) is 14.1. The van der Waals surface area contributed by atoms with Crippen LogP contribution in [0.25, 0.3) is 33.1 Å². The average molecular weight is 518 g/mol. The van der Waals surface area contributed by atoms with E-state index in [0.717, 1.165) is 6.42 Å². The summed E-state index contributed by atoms with van der Waals surface area (Å²) in [5.41, 5.74) is 13.0. The molecule has 196 valence electrons. The summed E-state index contributed by atoms with van der Waals surface area (Å²) in [5.74, 6) is 0.271. The number of nitrogens with zero attached hydrogens (tertiary/aromatic N) is 1. The first kappa shape index (κ1) is 25.6. The van der Waals surface area contributed by atoms with E-state index in [1.165, 1.54) is 66.5 Å². The molecule has 0 spiro atoms. The molecule has 1 aliphatic carbocycles. The van der Waals surface area contributed by atoms with Crippen LogP contribution in [0.5, 0.6) is 0 Å². The molecule has 0 fully saturated rings. The van der Waals surface area contributed by atoms with Crippen LogP contribution < -0.4 is 0 Å². The van der Waals surface area contributed by atoms with Crippen molar-refractivity contribution in [3.63, 3.8) is 0 Å². The molecule has 0 saturated heterocycles. The number of fused-ring (bicyclic) bond motifs is 4. The molecule has 1 aliphatic rings. The van der Waals surface area contributed by atoms with Gasteiger partial charge in [-0.05, 0) is 95.5 Å². The summed E-state index contributed by atoms with van der Waals surface area (Å²) in [5, 5.41) is 2.59. The van der Waals surface area contributed by atoms with Crippen molar-refractivity contribution in [1.29, 1.82) is 0 Å². The minimum Gasteiger partial charge on any atom is -0.309 e. The molecule has 0 radical (unpaired) electrons. The summed E-state index contributed by atoms with van der Waals surface area (Å²) >= 11 is 0.